The molecule has 29 heavy (non-hydrogen) atoms. The SMILES string of the molecule is CCCCN(Cc1cc2cc(OC)ccc2[nH]c1=O)C(=O)c1ccccc1OC. The molecule has 2 aromatic carbocycles. The van der Waals surface area contributed by atoms with Crippen LogP contribution in [0.5, 0.6) is 11.5 Å². The number of methoxy groups -OCH3 is 2. The summed E-state index contributed by atoms with van der Waals surface area (Å²) in [5, 5.41) is 0.860. The number of carbonyl (C=O) groups is 1. The monoisotopic (exact) mass is 394 g/mol. The zero-order valence-electron chi connectivity index (χ0n) is 17.0. The van der Waals surface area contributed by atoms with E-state index in [0.717, 1.165) is 23.7 Å². The molecule has 0 aliphatic heterocycles. The molecule has 1 aromatic heterocycles. The molecule has 0 aliphatic carbocycles. The summed E-state index contributed by atoms with van der Waals surface area (Å²) in [5.41, 5.74) is 1.56. The number of benzene rings is 2. The number of ether oxygens (including phenoxy) is 2. The summed E-state index contributed by atoms with van der Waals surface area (Å²) in [6.45, 7) is 2.85. The minimum Gasteiger partial charge on any atom is -0.497 e. The highest BCUT2D eigenvalue weighted by Gasteiger charge is 2.20. The lowest BCUT2D eigenvalue weighted by Crippen LogP contribution is -2.34. The molecule has 0 aliphatic rings. The molecule has 0 radical (unpaired) electrons. The molecular weight excluding hydrogens is 368 g/mol. The van der Waals surface area contributed by atoms with Crippen LogP contribution in [0.25, 0.3) is 10.9 Å². The Hall–Kier alpha value is -3.28. The molecule has 0 bridgehead atoms. The minimum atomic E-state index is -0.197. The van der Waals surface area contributed by atoms with Gasteiger partial charge in [-0.25, -0.2) is 0 Å². The molecule has 0 unspecified atom stereocenters. The number of rotatable bonds is 8. The van der Waals surface area contributed by atoms with Gasteiger partial charge in [-0.3, -0.25) is 9.59 Å². The zero-order chi connectivity index (χ0) is 20.8. The average Bonchev–Trinajstić information content (AvgIpc) is 2.76. The number of nitrogens with zero attached hydrogens (tertiary/aromatic N) is 1. The molecule has 0 fully saturated rings. The molecule has 3 rings (SSSR count). The molecule has 0 spiro atoms. The number of carbonyl (C=O) groups excluding carboxylic acids is 1. The number of aromatic nitrogens is 1. The van der Waals surface area contributed by atoms with E-state index in [1.807, 2.05) is 30.3 Å². The quantitative estimate of drug-likeness (QED) is 0.627. The van der Waals surface area contributed by atoms with Gasteiger partial charge in [0.2, 0.25) is 0 Å². The fourth-order valence-electron chi connectivity index (χ4n) is 3.27. The fraction of sp³-hybridized carbons (Fsp3) is 0.304. The predicted molar refractivity (Wildman–Crippen MR) is 114 cm³/mol. The van der Waals surface area contributed by atoms with Crippen molar-refractivity contribution in [1.29, 1.82) is 0 Å². The van der Waals surface area contributed by atoms with E-state index in [4.69, 9.17) is 9.47 Å². The molecule has 6 nitrogen and oxygen atoms in total. The number of hydrogen-bond donors (Lipinski definition) is 1. The van der Waals surface area contributed by atoms with E-state index in [9.17, 15) is 9.59 Å². The summed E-state index contributed by atoms with van der Waals surface area (Å²) < 4.78 is 10.6. The number of pyridine rings is 1. The number of fused-ring (bicyclic) bond motifs is 1. The predicted octanol–water partition coefficient (Wildman–Crippen LogP) is 3.99. The van der Waals surface area contributed by atoms with Crippen molar-refractivity contribution in [3.05, 3.63) is 70.0 Å². The standard InChI is InChI=1S/C23H26N2O4/c1-4-5-12-25(23(27)19-8-6-7-9-21(19)29-3)15-17-13-16-14-18(28-2)10-11-20(16)24-22(17)26/h6-11,13-14H,4-5,12,15H2,1-3H3,(H,24,26). The fourth-order valence-corrected chi connectivity index (χ4v) is 3.27. The number of aromatic amines is 1. The molecule has 3 aromatic rings. The number of unbranched alkanes of at least 4 members (excludes halogenated alkanes) is 1. The van der Waals surface area contributed by atoms with Crippen LogP contribution in [-0.4, -0.2) is 36.6 Å². The van der Waals surface area contributed by atoms with Gasteiger partial charge in [-0.15, -0.1) is 0 Å². The van der Waals surface area contributed by atoms with Crippen LogP contribution in [-0.2, 0) is 6.54 Å². The number of hydrogen-bond acceptors (Lipinski definition) is 4. The number of H-pyrrole nitrogens is 1. The van der Waals surface area contributed by atoms with Crippen LogP contribution in [0.4, 0.5) is 0 Å². The number of para-hydroxylation sites is 1. The van der Waals surface area contributed by atoms with Crippen molar-refractivity contribution in [1.82, 2.24) is 9.88 Å². The van der Waals surface area contributed by atoms with E-state index < -0.39 is 0 Å². The molecule has 6 heteroatoms. The highest BCUT2D eigenvalue weighted by Crippen LogP contribution is 2.22. The average molecular weight is 394 g/mol. The van der Waals surface area contributed by atoms with Gasteiger partial charge in [0.15, 0.2) is 0 Å². The number of amides is 1. The van der Waals surface area contributed by atoms with Crippen LogP contribution in [0.2, 0.25) is 0 Å². The normalized spacial score (nSPS) is 10.7. The van der Waals surface area contributed by atoms with Crippen molar-refractivity contribution in [3.63, 3.8) is 0 Å². The second kappa shape index (κ2) is 9.28. The van der Waals surface area contributed by atoms with Crippen molar-refractivity contribution in [2.24, 2.45) is 0 Å². The summed E-state index contributed by atoms with van der Waals surface area (Å²) in [6.07, 6.45) is 1.79. The molecule has 0 saturated heterocycles. The second-order valence-corrected chi connectivity index (χ2v) is 6.86. The van der Waals surface area contributed by atoms with Crippen LogP contribution >= 0.6 is 0 Å². The topological polar surface area (TPSA) is 71.6 Å². The summed E-state index contributed by atoms with van der Waals surface area (Å²) in [6, 6.07) is 14.5. The first kappa shape index (κ1) is 20.5. The van der Waals surface area contributed by atoms with Gasteiger partial charge in [0.25, 0.3) is 11.5 Å². The number of nitrogens with one attached hydrogen (secondary N) is 1. The first-order chi connectivity index (χ1) is 14.1. The molecule has 0 atom stereocenters. The van der Waals surface area contributed by atoms with E-state index >= 15 is 0 Å². The van der Waals surface area contributed by atoms with Gasteiger partial charge in [0.05, 0.1) is 26.3 Å². The maximum absolute atomic E-state index is 13.2. The molecule has 1 N–H and O–H groups in total. The third-order valence-electron chi connectivity index (χ3n) is 4.90. The molecule has 1 amide bonds. The Balaban J connectivity index is 1.97. The molecular formula is C23H26N2O4. The van der Waals surface area contributed by atoms with Gasteiger partial charge < -0.3 is 19.4 Å². The Morgan fingerprint density at radius 3 is 2.59 bits per heavy atom. The van der Waals surface area contributed by atoms with Gasteiger partial charge in [-0.1, -0.05) is 25.5 Å². The maximum Gasteiger partial charge on any atom is 0.257 e. The highest BCUT2D eigenvalue weighted by atomic mass is 16.5. The Morgan fingerprint density at radius 2 is 1.86 bits per heavy atom. The van der Waals surface area contributed by atoms with Gasteiger partial charge >= 0.3 is 0 Å². The van der Waals surface area contributed by atoms with Crippen LogP contribution in [0.3, 0.4) is 0 Å². The van der Waals surface area contributed by atoms with Crippen molar-refractivity contribution < 1.29 is 14.3 Å². The van der Waals surface area contributed by atoms with E-state index in [-0.39, 0.29) is 18.0 Å². The van der Waals surface area contributed by atoms with E-state index in [1.54, 1.807) is 37.3 Å². The lowest BCUT2D eigenvalue weighted by molar-refractivity contribution is 0.0737. The van der Waals surface area contributed by atoms with Crippen molar-refractivity contribution in [2.75, 3.05) is 20.8 Å². The summed E-state index contributed by atoms with van der Waals surface area (Å²) in [5.74, 6) is 1.08. The Labute approximate surface area is 170 Å². The van der Waals surface area contributed by atoms with Gasteiger partial charge in [-0.2, -0.15) is 0 Å². The lowest BCUT2D eigenvalue weighted by Gasteiger charge is -2.23. The summed E-state index contributed by atoms with van der Waals surface area (Å²) in [7, 11) is 3.15. The molecule has 152 valence electrons. The van der Waals surface area contributed by atoms with Crippen molar-refractivity contribution in [2.45, 2.75) is 26.3 Å². The maximum atomic E-state index is 13.2. The lowest BCUT2D eigenvalue weighted by atomic mass is 10.1. The van der Waals surface area contributed by atoms with Crippen molar-refractivity contribution in [3.8, 4) is 11.5 Å². The smallest absolute Gasteiger partial charge is 0.257 e. The Morgan fingerprint density at radius 1 is 1.07 bits per heavy atom. The first-order valence-corrected chi connectivity index (χ1v) is 9.69. The third kappa shape index (κ3) is 4.59. The minimum absolute atomic E-state index is 0.152. The van der Waals surface area contributed by atoms with Gasteiger partial charge in [0, 0.05) is 23.0 Å². The van der Waals surface area contributed by atoms with E-state index in [0.29, 0.717) is 29.2 Å². The van der Waals surface area contributed by atoms with Crippen LogP contribution < -0.4 is 15.0 Å². The van der Waals surface area contributed by atoms with E-state index in [1.165, 1.54) is 0 Å². The first-order valence-electron chi connectivity index (χ1n) is 9.69. The van der Waals surface area contributed by atoms with Gasteiger partial charge in [0.1, 0.15) is 11.5 Å². The molecule has 1 heterocycles. The highest BCUT2D eigenvalue weighted by molar-refractivity contribution is 5.97. The Kier molecular flexibility index (Phi) is 6.54. The van der Waals surface area contributed by atoms with Gasteiger partial charge in [-0.05, 0) is 42.8 Å². The zero-order valence-corrected chi connectivity index (χ0v) is 17.0. The van der Waals surface area contributed by atoms with Crippen molar-refractivity contribution >= 4 is 16.8 Å². The van der Waals surface area contributed by atoms with Crippen LogP contribution in [0.1, 0.15) is 35.7 Å². The van der Waals surface area contributed by atoms with E-state index in [2.05, 4.69) is 11.9 Å². The van der Waals surface area contributed by atoms with Crippen LogP contribution in [0, 0.1) is 0 Å². The summed E-state index contributed by atoms with van der Waals surface area (Å²) >= 11 is 0. The van der Waals surface area contributed by atoms with Crippen LogP contribution in [0.15, 0.2) is 53.3 Å². The third-order valence-corrected chi connectivity index (χ3v) is 4.90. The largest absolute Gasteiger partial charge is 0.497 e. The summed E-state index contributed by atoms with van der Waals surface area (Å²) in [4.78, 5) is 30.5. The molecule has 0 saturated carbocycles. The second-order valence-electron chi connectivity index (χ2n) is 6.86. The Bertz CT molecular complexity index is 1060.